The highest BCUT2D eigenvalue weighted by Crippen LogP contribution is 2.23. The number of aryl methyl sites for hydroxylation is 1. The van der Waals surface area contributed by atoms with Crippen LogP contribution in [0.3, 0.4) is 0 Å². The first-order chi connectivity index (χ1) is 12.2. The van der Waals surface area contributed by atoms with E-state index in [9.17, 15) is 5.11 Å². The van der Waals surface area contributed by atoms with Crippen molar-refractivity contribution in [3.8, 4) is 5.75 Å². The van der Waals surface area contributed by atoms with Crippen LogP contribution in [-0.2, 0) is 6.54 Å². The number of β-amino-alcohol motifs (C(OH)–C–C–N with tert-alkyl or cyclic N) is 1. The SMILES string of the molecule is Cc1nnc(N2C[C@@H](O)[C@H](Oc3cnn(Cc4ccccc4)c3)C2)o1. The lowest BCUT2D eigenvalue weighted by atomic mass is 10.2. The number of benzene rings is 1. The van der Waals surface area contributed by atoms with Crippen LogP contribution in [0.15, 0.2) is 47.1 Å². The van der Waals surface area contributed by atoms with Gasteiger partial charge in [-0.15, -0.1) is 5.10 Å². The van der Waals surface area contributed by atoms with E-state index in [1.807, 2.05) is 46.1 Å². The second-order valence-corrected chi connectivity index (χ2v) is 6.09. The molecule has 2 atom stereocenters. The average Bonchev–Trinajstić information content (AvgIpc) is 3.31. The van der Waals surface area contributed by atoms with Gasteiger partial charge in [-0.2, -0.15) is 5.10 Å². The predicted molar refractivity (Wildman–Crippen MR) is 89.4 cm³/mol. The molecular weight excluding hydrogens is 322 g/mol. The predicted octanol–water partition coefficient (Wildman–Crippen LogP) is 1.25. The summed E-state index contributed by atoms with van der Waals surface area (Å²) in [5.41, 5.74) is 1.16. The molecule has 1 aliphatic rings. The lowest BCUT2D eigenvalue weighted by Crippen LogP contribution is -2.29. The first kappa shape index (κ1) is 15.6. The Hall–Kier alpha value is -2.87. The summed E-state index contributed by atoms with van der Waals surface area (Å²) in [4.78, 5) is 1.82. The molecule has 130 valence electrons. The number of aliphatic hydroxyl groups is 1. The molecular formula is C17H19N5O3. The lowest BCUT2D eigenvalue weighted by Gasteiger charge is -2.14. The summed E-state index contributed by atoms with van der Waals surface area (Å²) < 4.78 is 13.1. The van der Waals surface area contributed by atoms with Crippen LogP contribution >= 0.6 is 0 Å². The molecule has 4 rings (SSSR count). The van der Waals surface area contributed by atoms with E-state index in [1.54, 1.807) is 13.1 Å². The van der Waals surface area contributed by atoms with Crippen LogP contribution in [0.2, 0.25) is 0 Å². The summed E-state index contributed by atoms with van der Waals surface area (Å²) in [6.07, 6.45) is 2.49. The number of anilines is 1. The number of aliphatic hydroxyl groups excluding tert-OH is 1. The van der Waals surface area contributed by atoms with Gasteiger partial charge in [0.15, 0.2) is 5.75 Å². The molecule has 0 aliphatic carbocycles. The monoisotopic (exact) mass is 341 g/mol. The quantitative estimate of drug-likeness (QED) is 0.747. The Morgan fingerprint density at radius 3 is 2.84 bits per heavy atom. The van der Waals surface area contributed by atoms with E-state index in [4.69, 9.17) is 9.15 Å². The van der Waals surface area contributed by atoms with E-state index in [-0.39, 0.29) is 6.10 Å². The standard InChI is InChI=1S/C17H19N5O3/c1-12-19-20-17(24-12)21-10-15(23)16(11-21)25-14-7-18-22(9-14)8-13-5-3-2-4-6-13/h2-7,9,15-16,23H,8,10-11H2,1H3/t15-,16-/m1/s1. The molecule has 2 aromatic heterocycles. The van der Waals surface area contributed by atoms with Gasteiger partial charge >= 0.3 is 6.01 Å². The molecule has 25 heavy (non-hydrogen) atoms. The molecule has 3 aromatic rings. The molecule has 0 radical (unpaired) electrons. The maximum atomic E-state index is 10.2. The normalized spacial score (nSPS) is 20.2. The van der Waals surface area contributed by atoms with Crippen molar-refractivity contribution in [2.24, 2.45) is 0 Å². The molecule has 8 heteroatoms. The van der Waals surface area contributed by atoms with Gasteiger partial charge in [0.25, 0.3) is 0 Å². The van der Waals surface area contributed by atoms with E-state index in [2.05, 4.69) is 15.3 Å². The van der Waals surface area contributed by atoms with E-state index >= 15 is 0 Å². The molecule has 0 spiro atoms. The molecule has 8 nitrogen and oxygen atoms in total. The van der Waals surface area contributed by atoms with Crippen molar-refractivity contribution in [1.29, 1.82) is 0 Å². The second-order valence-electron chi connectivity index (χ2n) is 6.09. The molecule has 3 heterocycles. The Morgan fingerprint density at radius 1 is 1.24 bits per heavy atom. The smallest absolute Gasteiger partial charge is 0.318 e. The first-order valence-corrected chi connectivity index (χ1v) is 8.13. The van der Waals surface area contributed by atoms with Crippen LogP contribution in [0, 0.1) is 6.92 Å². The number of aromatic nitrogens is 4. The van der Waals surface area contributed by atoms with Crippen molar-refractivity contribution >= 4 is 6.01 Å². The largest absolute Gasteiger partial charge is 0.482 e. The summed E-state index contributed by atoms with van der Waals surface area (Å²) in [6.45, 7) is 3.28. The maximum absolute atomic E-state index is 10.2. The van der Waals surface area contributed by atoms with Gasteiger partial charge in [-0.05, 0) is 5.56 Å². The van der Waals surface area contributed by atoms with Crippen molar-refractivity contribution in [3.63, 3.8) is 0 Å². The van der Waals surface area contributed by atoms with Crippen molar-refractivity contribution in [1.82, 2.24) is 20.0 Å². The van der Waals surface area contributed by atoms with Crippen LogP contribution in [0.5, 0.6) is 5.75 Å². The molecule has 0 bridgehead atoms. The third-order valence-electron chi connectivity index (χ3n) is 4.11. The molecule has 1 fully saturated rings. The zero-order valence-corrected chi connectivity index (χ0v) is 13.8. The number of ether oxygens (including phenoxy) is 1. The van der Waals surface area contributed by atoms with Gasteiger partial charge in [0.2, 0.25) is 5.89 Å². The minimum absolute atomic E-state index is 0.374. The summed E-state index contributed by atoms with van der Waals surface area (Å²) in [5.74, 6) is 1.12. The van der Waals surface area contributed by atoms with E-state index in [0.29, 0.717) is 37.3 Å². The van der Waals surface area contributed by atoms with Gasteiger partial charge in [-0.3, -0.25) is 4.68 Å². The molecule has 0 unspecified atom stereocenters. The second kappa shape index (κ2) is 6.56. The minimum Gasteiger partial charge on any atom is -0.482 e. The van der Waals surface area contributed by atoms with Crippen LogP contribution < -0.4 is 9.64 Å². The van der Waals surface area contributed by atoms with Crippen LogP contribution in [0.25, 0.3) is 0 Å². The van der Waals surface area contributed by atoms with Crippen molar-refractivity contribution in [2.75, 3.05) is 18.0 Å². The molecule has 1 aliphatic heterocycles. The number of hydrogen-bond acceptors (Lipinski definition) is 7. The Kier molecular flexibility index (Phi) is 4.10. The zero-order valence-electron chi connectivity index (χ0n) is 13.8. The fourth-order valence-electron chi connectivity index (χ4n) is 2.88. The number of nitrogens with zero attached hydrogens (tertiary/aromatic N) is 5. The van der Waals surface area contributed by atoms with Crippen LogP contribution in [0.4, 0.5) is 6.01 Å². The highest BCUT2D eigenvalue weighted by atomic mass is 16.5. The summed E-state index contributed by atoms with van der Waals surface area (Å²) in [7, 11) is 0. The molecule has 1 N–H and O–H groups in total. The summed E-state index contributed by atoms with van der Waals surface area (Å²) >= 11 is 0. The van der Waals surface area contributed by atoms with E-state index in [0.717, 1.165) is 5.56 Å². The zero-order chi connectivity index (χ0) is 17.2. The first-order valence-electron chi connectivity index (χ1n) is 8.13. The van der Waals surface area contributed by atoms with Crippen LogP contribution in [-0.4, -0.2) is 50.4 Å². The molecule has 0 saturated carbocycles. The topological polar surface area (TPSA) is 89.4 Å². The van der Waals surface area contributed by atoms with E-state index in [1.165, 1.54) is 0 Å². The lowest BCUT2D eigenvalue weighted by molar-refractivity contribution is 0.0737. The third-order valence-corrected chi connectivity index (χ3v) is 4.11. The fourth-order valence-corrected chi connectivity index (χ4v) is 2.88. The highest BCUT2D eigenvalue weighted by Gasteiger charge is 2.35. The third kappa shape index (κ3) is 3.48. The summed E-state index contributed by atoms with van der Waals surface area (Å²) in [5, 5.41) is 22.4. The van der Waals surface area contributed by atoms with Crippen LogP contribution in [0.1, 0.15) is 11.5 Å². The Morgan fingerprint density at radius 2 is 2.08 bits per heavy atom. The Labute approximate surface area is 144 Å². The number of rotatable bonds is 5. The van der Waals surface area contributed by atoms with E-state index < -0.39 is 6.10 Å². The van der Waals surface area contributed by atoms with Gasteiger partial charge in [0.1, 0.15) is 12.2 Å². The maximum Gasteiger partial charge on any atom is 0.318 e. The van der Waals surface area contributed by atoms with Gasteiger partial charge in [-0.1, -0.05) is 35.4 Å². The van der Waals surface area contributed by atoms with Crippen molar-refractivity contribution in [3.05, 3.63) is 54.2 Å². The number of hydrogen-bond donors (Lipinski definition) is 1. The Balaban J connectivity index is 1.39. The fraction of sp³-hybridized carbons (Fsp3) is 0.353. The Bertz CT molecular complexity index is 832. The minimum atomic E-state index is -0.635. The van der Waals surface area contributed by atoms with Gasteiger partial charge in [-0.25, -0.2) is 0 Å². The van der Waals surface area contributed by atoms with Gasteiger partial charge in [0, 0.05) is 6.92 Å². The van der Waals surface area contributed by atoms with Crippen molar-refractivity contribution < 1.29 is 14.3 Å². The molecule has 1 aromatic carbocycles. The summed E-state index contributed by atoms with van der Waals surface area (Å²) in [6, 6.07) is 10.5. The van der Waals surface area contributed by atoms with Gasteiger partial charge in [0.05, 0.1) is 32.0 Å². The highest BCUT2D eigenvalue weighted by molar-refractivity contribution is 5.29. The molecule has 1 saturated heterocycles. The molecule has 0 amide bonds. The average molecular weight is 341 g/mol. The van der Waals surface area contributed by atoms with Gasteiger partial charge < -0.3 is 19.2 Å². The van der Waals surface area contributed by atoms with Crippen molar-refractivity contribution in [2.45, 2.75) is 25.7 Å².